The number of rotatable bonds is 2. The summed E-state index contributed by atoms with van der Waals surface area (Å²) in [6.45, 7) is 0. The first kappa shape index (κ1) is 10.7. The minimum absolute atomic E-state index is 0.788. The fourth-order valence-electron chi connectivity index (χ4n) is 2.06. The molecule has 3 rings (SSSR count). The third-order valence-corrected chi connectivity index (χ3v) is 3.00. The van der Waals surface area contributed by atoms with E-state index in [2.05, 4.69) is 16.3 Å². The highest BCUT2D eigenvalue weighted by atomic mass is 15.1. The van der Waals surface area contributed by atoms with Gasteiger partial charge in [0.15, 0.2) is 0 Å². The van der Waals surface area contributed by atoms with Crippen LogP contribution in [0.4, 0.5) is 5.69 Å². The lowest BCUT2D eigenvalue weighted by atomic mass is 10.0. The molecule has 2 N–H and O–H groups in total. The molecule has 3 heteroatoms. The quantitative estimate of drug-likeness (QED) is 0.695. The van der Waals surface area contributed by atoms with Gasteiger partial charge in [-0.2, -0.15) is 10.2 Å². The zero-order chi connectivity index (χ0) is 12.4. The Morgan fingerprint density at radius 3 is 2.56 bits per heavy atom. The number of anilines is 1. The molecule has 0 atom stereocenters. The van der Waals surface area contributed by atoms with Crippen molar-refractivity contribution in [1.82, 2.24) is 10.2 Å². The van der Waals surface area contributed by atoms with Gasteiger partial charge in [-0.05, 0) is 35.7 Å². The molecule has 0 saturated heterocycles. The predicted octanol–water partition coefficient (Wildman–Crippen LogP) is 2.80. The van der Waals surface area contributed by atoms with Gasteiger partial charge in [-0.3, -0.25) is 0 Å². The summed E-state index contributed by atoms with van der Waals surface area (Å²) in [6.07, 6.45) is 2.68. The smallest absolute Gasteiger partial charge is 0.0932 e. The Morgan fingerprint density at radius 1 is 0.944 bits per heavy atom. The number of hydrogen-bond acceptors (Lipinski definition) is 3. The molecule has 0 fully saturated rings. The van der Waals surface area contributed by atoms with Crippen LogP contribution in [0.25, 0.3) is 10.9 Å². The van der Waals surface area contributed by atoms with Crippen LogP contribution in [0.15, 0.2) is 54.7 Å². The summed E-state index contributed by atoms with van der Waals surface area (Å²) in [6, 6.07) is 16.0. The first-order chi connectivity index (χ1) is 8.83. The minimum Gasteiger partial charge on any atom is -0.399 e. The van der Waals surface area contributed by atoms with Crippen molar-refractivity contribution in [3.63, 3.8) is 0 Å². The third-order valence-electron chi connectivity index (χ3n) is 3.00. The maximum absolute atomic E-state index is 5.69. The molecule has 0 saturated carbocycles. The Labute approximate surface area is 105 Å². The van der Waals surface area contributed by atoms with Crippen LogP contribution in [-0.4, -0.2) is 10.2 Å². The van der Waals surface area contributed by atoms with Gasteiger partial charge < -0.3 is 5.73 Å². The van der Waals surface area contributed by atoms with Crippen LogP contribution in [0.5, 0.6) is 0 Å². The monoisotopic (exact) mass is 235 g/mol. The molecule has 3 aromatic rings. The molecule has 0 bridgehead atoms. The van der Waals surface area contributed by atoms with Crippen LogP contribution < -0.4 is 5.73 Å². The van der Waals surface area contributed by atoms with E-state index < -0.39 is 0 Å². The van der Waals surface area contributed by atoms with Gasteiger partial charge in [-0.15, -0.1) is 0 Å². The Morgan fingerprint density at radius 2 is 1.72 bits per heavy atom. The van der Waals surface area contributed by atoms with Crippen molar-refractivity contribution in [2.24, 2.45) is 0 Å². The molecule has 0 aliphatic heterocycles. The maximum Gasteiger partial charge on any atom is 0.0932 e. The Balaban J connectivity index is 2.02. The highest BCUT2D eigenvalue weighted by Crippen LogP contribution is 2.18. The van der Waals surface area contributed by atoms with Gasteiger partial charge in [0.05, 0.1) is 11.7 Å². The molecule has 0 unspecified atom stereocenters. The summed E-state index contributed by atoms with van der Waals surface area (Å²) < 4.78 is 0. The zero-order valence-electron chi connectivity index (χ0n) is 9.88. The summed E-state index contributed by atoms with van der Waals surface area (Å²) in [7, 11) is 0. The van der Waals surface area contributed by atoms with E-state index in [1.54, 1.807) is 0 Å². The number of benzene rings is 2. The van der Waals surface area contributed by atoms with Gasteiger partial charge in [0.1, 0.15) is 0 Å². The number of nitrogen functional groups attached to an aromatic ring is 1. The highest BCUT2D eigenvalue weighted by molar-refractivity contribution is 5.81. The fourth-order valence-corrected chi connectivity index (χ4v) is 2.06. The topological polar surface area (TPSA) is 51.8 Å². The van der Waals surface area contributed by atoms with Gasteiger partial charge in [0, 0.05) is 11.1 Å². The lowest BCUT2D eigenvalue weighted by molar-refractivity contribution is 1.04. The van der Waals surface area contributed by atoms with Crippen LogP contribution >= 0.6 is 0 Å². The maximum atomic E-state index is 5.69. The van der Waals surface area contributed by atoms with Gasteiger partial charge in [-0.1, -0.05) is 30.3 Å². The van der Waals surface area contributed by atoms with E-state index in [1.165, 1.54) is 11.1 Å². The molecule has 18 heavy (non-hydrogen) atoms. The van der Waals surface area contributed by atoms with E-state index >= 15 is 0 Å². The molecule has 3 nitrogen and oxygen atoms in total. The van der Waals surface area contributed by atoms with Crippen LogP contribution in [0, 0.1) is 0 Å². The molecule has 0 aliphatic carbocycles. The molecule has 1 heterocycles. The van der Waals surface area contributed by atoms with E-state index in [0.717, 1.165) is 23.0 Å². The Bertz CT molecular complexity index is 669. The molecule has 0 aliphatic rings. The second kappa shape index (κ2) is 4.45. The van der Waals surface area contributed by atoms with Gasteiger partial charge >= 0.3 is 0 Å². The zero-order valence-corrected chi connectivity index (χ0v) is 9.88. The van der Waals surface area contributed by atoms with Crippen LogP contribution in [-0.2, 0) is 6.42 Å². The van der Waals surface area contributed by atoms with Crippen LogP contribution in [0.1, 0.15) is 11.1 Å². The normalized spacial score (nSPS) is 10.7. The largest absolute Gasteiger partial charge is 0.399 e. The van der Waals surface area contributed by atoms with Crippen molar-refractivity contribution >= 4 is 16.6 Å². The molecular weight excluding hydrogens is 222 g/mol. The molecule has 0 spiro atoms. The number of nitrogens with zero attached hydrogens (tertiary/aromatic N) is 2. The molecular formula is C15H13N3. The highest BCUT2D eigenvalue weighted by Gasteiger charge is 2.03. The van der Waals surface area contributed by atoms with Gasteiger partial charge in [0.25, 0.3) is 0 Å². The second-order valence-electron chi connectivity index (χ2n) is 4.31. The van der Waals surface area contributed by atoms with Crippen molar-refractivity contribution in [3.8, 4) is 0 Å². The van der Waals surface area contributed by atoms with E-state index in [-0.39, 0.29) is 0 Å². The van der Waals surface area contributed by atoms with Crippen molar-refractivity contribution in [2.75, 3.05) is 5.73 Å². The lowest BCUT2D eigenvalue weighted by Gasteiger charge is -2.05. The van der Waals surface area contributed by atoms with Crippen molar-refractivity contribution in [3.05, 3.63) is 65.9 Å². The first-order valence-electron chi connectivity index (χ1n) is 5.86. The first-order valence-corrected chi connectivity index (χ1v) is 5.86. The SMILES string of the molecule is Nc1ccc(Cc2cnnc3ccccc23)cc1. The number of fused-ring (bicyclic) bond motifs is 1. The molecule has 0 amide bonds. The van der Waals surface area contributed by atoms with Crippen molar-refractivity contribution in [1.29, 1.82) is 0 Å². The molecule has 1 aromatic heterocycles. The lowest BCUT2D eigenvalue weighted by Crippen LogP contribution is -1.94. The Kier molecular flexibility index (Phi) is 2.65. The summed E-state index contributed by atoms with van der Waals surface area (Å²) in [5.74, 6) is 0. The minimum atomic E-state index is 0.788. The fraction of sp³-hybridized carbons (Fsp3) is 0.0667. The van der Waals surface area contributed by atoms with E-state index in [0.29, 0.717) is 0 Å². The van der Waals surface area contributed by atoms with E-state index in [4.69, 9.17) is 5.73 Å². The van der Waals surface area contributed by atoms with Crippen LogP contribution in [0.2, 0.25) is 0 Å². The molecule has 88 valence electrons. The summed E-state index contributed by atoms with van der Waals surface area (Å²) in [5.41, 5.74) is 9.82. The molecule has 0 radical (unpaired) electrons. The number of hydrogen-bond donors (Lipinski definition) is 1. The summed E-state index contributed by atoms with van der Waals surface area (Å²) >= 11 is 0. The third kappa shape index (κ3) is 2.02. The number of aromatic nitrogens is 2. The van der Waals surface area contributed by atoms with Crippen molar-refractivity contribution in [2.45, 2.75) is 6.42 Å². The van der Waals surface area contributed by atoms with Gasteiger partial charge in [-0.25, -0.2) is 0 Å². The molecule has 2 aromatic carbocycles. The second-order valence-corrected chi connectivity index (χ2v) is 4.31. The average molecular weight is 235 g/mol. The standard InChI is InChI=1S/C15H13N3/c16-13-7-5-11(6-8-13)9-12-10-17-18-15-4-2-1-3-14(12)15/h1-8,10H,9,16H2. The van der Waals surface area contributed by atoms with Crippen molar-refractivity contribution < 1.29 is 0 Å². The van der Waals surface area contributed by atoms with E-state index in [9.17, 15) is 0 Å². The Hall–Kier alpha value is -2.42. The van der Waals surface area contributed by atoms with Gasteiger partial charge in [0.2, 0.25) is 0 Å². The van der Waals surface area contributed by atoms with Crippen LogP contribution in [0.3, 0.4) is 0 Å². The summed E-state index contributed by atoms with van der Waals surface area (Å²) in [4.78, 5) is 0. The summed E-state index contributed by atoms with van der Waals surface area (Å²) in [5, 5.41) is 9.34. The predicted molar refractivity (Wildman–Crippen MR) is 73.2 cm³/mol. The number of nitrogens with two attached hydrogens (primary N) is 1. The van der Waals surface area contributed by atoms with E-state index in [1.807, 2.05) is 48.7 Å². The average Bonchev–Trinajstić information content (AvgIpc) is 2.42.